The van der Waals surface area contributed by atoms with Crippen LogP contribution < -0.4 is 0 Å². The van der Waals surface area contributed by atoms with Crippen molar-refractivity contribution in [1.29, 1.82) is 0 Å². The van der Waals surface area contributed by atoms with Gasteiger partial charge in [-0.3, -0.25) is 4.79 Å². The third kappa shape index (κ3) is 1.69. The lowest BCUT2D eigenvalue weighted by molar-refractivity contribution is -0.132. The summed E-state index contributed by atoms with van der Waals surface area (Å²) < 4.78 is 13.5. The average molecular weight is 239 g/mol. The summed E-state index contributed by atoms with van der Waals surface area (Å²) in [5.74, 6) is 2.58. The molecule has 6 atom stereocenters. The van der Waals surface area contributed by atoms with Crippen LogP contribution in [-0.2, 0) is 4.79 Å². The fraction of sp³-hybridized carbons (Fsp3) is 0.929. The molecule has 1 amide bonds. The largest absolute Gasteiger partial charge is 0.342 e. The molecule has 1 aliphatic heterocycles. The van der Waals surface area contributed by atoms with Crippen LogP contribution in [0.4, 0.5) is 4.39 Å². The third-order valence-corrected chi connectivity index (χ3v) is 5.52. The van der Waals surface area contributed by atoms with Crippen LogP contribution in [0.15, 0.2) is 0 Å². The maximum absolute atomic E-state index is 13.5. The van der Waals surface area contributed by atoms with E-state index in [1.165, 1.54) is 6.42 Å². The lowest BCUT2D eigenvalue weighted by Gasteiger charge is -2.21. The number of likely N-dealkylation sites (tertiary alicyclic amines) is 1. The first kappa shape index (κ1) is 11.5. The highest BCUT2D eigenvalue weighted by Gasteiger charge is 2.58. The zero-order chi connectivity index (χ0) is 12.4. The van der Waals surface area contributed by atoms with E-state index < -0.39 is 5.67 Å². The van der Waals surface area contributed by atoms with Crippen LogP contribution in [-0.4, -0.2) is 29.6 Å². The molecule has 2 unspecified atom stereocenters. The highest BCUT2D eigenvalue weighted by molar-refractivity contribution is 5.83. The standard InChI is InChI=1S/C14H22FNO/c1-8-4-10-6-16(7-11(10)9(8)2)13(17)12-5-14(12,3)15/h8-12H,4-7H2,1-3H3/t8-,9+,10-,11-,12?,14?/m1/s1. The normalized spacial score (nSPS) is 52.7. The molecule has 0 spiro atoms. The first-order valence-corrected chi connectivity index (χ1v) is 6.88. The molecule has 2 saturated carbocycles. The van der Waals surface area contributed by atoms with Gasteiger partial charge in [-0.25, -0.2) is 4.39 Å². The van der Waals surface area contributed by atoms with Crippen molar-refractivity contribution in [2.45, 2.75) is 39.3 Å². The van der Waals surface area contributed by atoms with Crippen LogP contribution in [0.1, 0.15) is 33.6 Å². The molecular weight excluding hydrogens is 217 g/mol. The maximum Gasteiger partial charge on any atom is 0.229 e. The van der Waals surface area contributed by atoms with Crippen molar-refractivity contribution < 1.29 is 9.18 Å². The number of carbonyl (C=O) groups is 1. The zero-order valence-corrected chi connectivity index (χ0v) is 10.9. The summed E-state index contributed by atoms with van der Waals surface area (Å²) in [6.45, 7) is 7.93. The Bertz CT molecular complexity index is 354. The molecule has 0 bridgehead atoms. The first-order valence-electron chi connectivity index (χ1n) is 6.88. The highest BCUT2D eigenvalue weighted by atomic mass is 19.1. The van der Waals surface area contributed by atoms with Gasteiger partial charge in [0.05, 0.1) is 5.92 Å². The molecule has 17 heavy (non-hydrogen) atoms. The van der Waals surface area contributed by atoms with Gasteiger partial charge in [0.15, 0.2) is 0 Å². The Labute approximate surface area is 103 Å². The smallest absolute Gasteiger partial charge is 0.229 e. The van der Waals surface area contributed by atoms with Crippen LogP contribution in [0.5, 0.6) is 0 Å². The van der Waals surface area contributed by atoms with Crippen LogP contribution in [0.2, 0.25) is 0 Å². The van der Waals surface area contributed by atoms with Crippen LogP contribution in [0.25, 0.3) is 0 Å². The Kier molecular flexibility index (Phi) is 2.34. The molecule has 0 aromatic heterocycles. The van der Waals surface area contributed by atoms with Crippen LogP contribution in [0, 0.1) is 29.6 Å². The van der Waals surface area contributed by atoms with E-state index >= 15 is 0 Å². The Morgan fingerprint density at radius 1 is 1.35 bits per heavy atom. The van der Waals surface area contributed by atoms with Gasteiger partial charge in [-0.1, -0.05) is 13.8 Å². The van der Waals surface area contributed by atoms with Crippen molar-refractivity contribution in [3.63, 3.8) is 0 Å². The molecule has 3 rings (SSSR count). The second-order valence-corrected chi connectivity index (χ2v) is 6.77. The fourth-order valence-corrected chi connectivity index (χ4v) is 3.94. The summed E-state index contributed by atoms with van der Waals surface area (Å²) in [5, 5.41) is 0. The summed E-state index contributed by atoms with van der Waals surface area (Å²) in [5.41, 5.74) is -1.21. The van der Waals surface area contributed by atoms with E-state index in [0.717, 1.165) is 19.0 Å². The van der Waals surface area contributed by atoms with Gasteiger partial charge in [0, 0.05) is 13.1 Å². The van der Waals surface area contributed by atoms with Gasteiger partial charge >= 0.3 is 0 Å². The van der Waals surface area contributed by atoms with E-state index in [0.29, 0.717) is 24.2 Å². The van der Waals surface area contributed by atoms with E-state index in [4.69, 9.17) is 0 Å². The highest BCUT2D eigenvalue weighted by Crippen LogP contribution is 2.50. The molecule has 2 nitrogen and oxygen atoms in total. The quantitative estimate of drug-likeness (QED) is 0.688. The van der Waals surface area contributed by atoms with Crippen LogP contribution in [0.3, 0.4) is 0 Å². The molecular formula is C14H22FNO. The van der Waals surface area contributed by atoms with Gasteiger partial charge in [-0.05, 0) is 43.4 Å². The van der Waals surface area contributed by atoms with Gasteiger partial charge in [0.2, 0.25) is 5.91 Å². The molecule has 2 aliphatic carbocycles. The average Bonchev–Trinajstić information content (AvgIpc) is 2.61. The minimum absolute atomic E-state index is 0.0734. The molecule has 0 aromatic rings. The van der Waals surface area contributed by atoms with Gasteiger partial charge < -0.3 is 4.90 Å². The number of nitrogens with zero attached hydrogens (tertiary/aromatic N) is 1. The Balaban J connectivity index is 1.64. The summed E-state index contributed by atoms with van der Waals surface area (Å²) in [6, 6.07) is 0. The van der Waals surface area contributed by atoms with Gasteiger partial charge in [0.1, 0.15) is 5.67 Å². The lowest BCUT2D eigenvalue weighted by Crippen LogP contribution is -2.33. The van der Waals surface area contributed by atoms with Crippen molar-refractivity contribution in [3.8, 4) is 0 Å². The predicted molar refractivity (Wildman–Crippen MR) is 64.1 cm³/mol. The van der Waals surface area contributed by atoms with Gasteiger partial charge in [-0.2, -0.15) is 0 Å². The summed E-state index contributed by atoms with van der Waals surface area (Å²) in [6.07, 6.45) is 1.68. The summed E-state index contributed by atoms with van der Waals surface area (Å²) in [4.78, 5) is 14.1. The van der Waals surface area contributed by atoms with E-state index in [1.54, 1.807) is 6.92 Å². The van der Waals surface area contributed by atoms with Crippen molar-refractivity contribution in [3.05, 3.63) is 0 Å². The second-order valence-electron chi connectivity index (χ2n) is 6.77. The SMILES string of the molecule is C[C@@H]1[C@H]2CN(C(=O)C3CC3(C)F)C[C@H]2C[C@H]1C. The van der Waals surface area contributed by atoms with Crippen molar-refractivity contribution in [2.24, 2.45) is 29.6 Å². The topological polar surface area (TPSA) is 20.3 Å². The lowest BCUT2D eigenvalue weighted by atomic mass is 9.91. The predicted octanol–water partition coefficient (Wildman–Crippen LogP) is 2.49. The summed E-state index contributed by atoms with van der Waals surface area (Å²) >= 11 is 0. The van der Waals surface area contributed by atoms with E-state index in [9.17, 15) is 9.18 Å². The van der Waals surface area contributed by atoms with Gasteiger partial charge in [0.25, 0.3) is 0 Å². The van der Waals surface area contributed by atoms with Crippen molar-refractivity contribution >= 4 is 5.91 Å². The minimum atomic E-state index is -1.21. The number of halogens is 1. The Morgan fingerprint density at radius 2 is 2.00 bits per heavy atom. The van der Waals surface area contributed by atoms with E-state index in [-0.39, 0.29) is 11.8 Å². The number of rotatable bonds is 1. The molecule has 1 heterocycles. The first-order chi connectivity index (χ1) is 7.90. The minimum Gasteiger partial charge on any atom is -0.342 e. The Hall–Kier alpha value is -0.600. The molecule has 1 saturated heterocycles. The number of amides is 1. The third-order valence-electron chi connectivity index (χ3n) is 5.52. The van der Waals surface area contributed by atoms with Crippen molar-refractivity contribution in [2.75, 3.05) is 13.1 Å². The number of alkyl halides is 1. The second kappa shape index (κ2) is 3.46. The molecule has 0 N–H and O–H groups in total. The molecule has 0 radical (unpaired) electrons. The molecule has 3 aliphatic rings. The molecule has 96 valence electrons. The monoisotopic (exact) mass is 239 g/mol. The van der Waals surface area contributed by atoms with E-state index in [2.05, 4.69) is 13.8 Å². The fourth-order valence-electron chi connectivity index (χ4n) is 3.94. The Morgan fingerprint density at radius 3 is 2.53 bits per heavy atom. The van der Waals surface area contributed by atoms with E-state index in [1.807, 2.05) is 4.90 Å². The molecule has 3 heteroatoms. The van der Waals surface area contributed by atoms with Gasteiger partial charge in [-0.15, -0.1) is 0 Å². The number of fused-ring (bicyclic) bond motifs is 1. The number of hydrogen-bond acceptors (Lipinski definition) is 1. The maximum atomic E-state index is 13.5. The van der Waals surface area contributed by atoms with Crippen molar-refractivity contribution in [1.82, 2.24) is 4.90 Å². The molecule has 0 aromatic carbocycles. The van der Waals surface area contributed by atoms with Crippen LogP contribution >= 0.6 is 0 Å². The summed E-state index contributed by atoms with van der Waals surface area (Å²) in [7, 11) is 0. The number of carbonyl (C=O) groups excluding carboxylic acids is 1. The molecule has 3 fully saturated rings. The zero-order valence-electron chi connectivity index (χ0n) is 10.9. The number of hydrogen-bond donors (Lipinski definition) is 0.